The van der Waals surface area contributed by atoms with E-state index in [1.807, 2.05) is 30.3 Å². The second-order valence-corrected chi connectivity index (χ2v) is 10.3. The van der Waals surface area contributed by atoms with Crippen LogP contribution in [0.15, 0.2) is 84.9 Å². The summed E-state index contributed by atoms with van der Waals surface area (Å²) in [6.07, 6.45) is 2.13. The van der Waals surface area contributed by atoms with Gasteiger partial charge >= 0.3 is 5.97 Å². The van der Waals surface area contributed by atoms with Crippen molar-refractivity contribution in [2.75, 3.05) is 20.3 Å². The minimum Gasteiger partial charge on any atom is -0.497 e. The first-order valence-electron chi connectivity index (χ1n) is 13.8. The summed E-state index contributed by atoms with van der Waals surface area (Å²) in [5.74, 6) is 0.586. The van der Waals surface area contributed by atoms with E-state index in [2.05, 4.69) is 66.8 Å². The molecule has 40 heavy (non-hydrogen) atoms. The van der Waals surface area contributed by atoms with Crippen molar-refractivity contribution in [3.05, 3.63) is 112 Å². The van der Waals surface area contributed by atoms with Gasteiger partial charge in [0.05, 0.1) is 20.1 Å². The lowest BCUT2D eigenvalue weighted by Gasteiger charge is -2.29. The summed E-state index contributed by atoms with van der Waals surface area (Å²) in [7, 11) is 1.68. The molecule has 5 nitrogen and oxygen atoms in total. The highest BCUT2D eigenvalue weighted by Crippen LogP contribution is 2.42. The maximum Gasteiger partial charge on any atom is 0.307 e. The lowest BCUT2D eigenvalue weighted by Crippen LogP contribution is -2.26. The van der Waals surface area contributed by atoms with Crippen LogP contribution in [0.25, 0.3) is 10.8 Å². The van der Waals surface area contributed by atoms with Crippen LogP contribution in [-0.2, 0) is 9.53 Å². The van der Waals surface area contributed by atoms with Crippen molar-refractivity contribution < 1.29 is 19.1 Å². The van der Waals surface area contributed by atoms with Gasteiger partial charge in [-0.05, 0) is 83.1 Å². The molecule has 0 aliphatic rings. The molecule has 1 N–H and O–H groups in total. The number of amides is 1. The maximum absolute atomic E-state index is 12.7. The number of fused-ring (bicyclic) bond motifs is 1. The minimum atomic E-state index is -0.318. The molecule has 0 saturated heterocycles. The Labute approximate surface area is 241 Å². The van der Waals surface area contributed by atoms with Gasteiger partial charge in [0, 0.05) is 23.0 Å². The Balaban J connectivity index is 1.65. The zero-order chi connectivity index (χ0) is 28.5. The molecule has 0 bridgehead atoms. The van der Waals surface area contributed by atoms with Gasteiger partial charge < -0.3 is 14.8 Å². The van der Waals surface area contributed by atoms with Crippen LogP contribution in [-0.4, -0.2) is 32.1 Å². The van der Waals surface area contributed by atoms with Crippen LogP contribution >= 0.6 is 11.6 Å². The number of halogens is 1. The normalized spacial score (nSPS) is 12.5. The second-order valence-electron chi connectivity index (χ2n) is 9.83. The molecule has 0 saturated carbocycles. The number of nitrogens with one attached hydrogen (secondary N) is 1. The van der Waals surface area contributed by atoms with E-state index in [4.69, 9.17) is 21.1 Å². The van der Waals surface area contributed by atoms with Gasteiger partial charge in [-0.3, -0.25) is 9.59 Å². The lowest BCUT2D eigenvalue weighted by atomic mass is 9.74. The van der Waals surface area contributed by atoms with Crippen LogP contribution < -0.4 is 10.1 Å². The number of benzene rings is 4. The quantitative estimate of drug-likeness (QED) is 0.180. The molecule has 4 rings (SSSR count). The van der Waals surface area contributed by atoms with Gasteiger partial charge in [0.1, 0.15) is 5.75 Å². The van der Waals surface area contributed by atoms with Crippen LogP contribution in [0.5, 0.6) is 5.75 Å². The highest BCUT2D eigenvalue weighted by Gasteiger charge is 2.26. The van der Waals surface area contributed by atoms with Crippen molar-refractivity contribution in [2.45, 2.75) is 44.9 Å². The van der Waals surface area contributed by atoms with Crippen molar-refractivity contribution >= 4 is 34.2 Å². The minimum absolute atomic E-state index is 0.0907. The molecule has 0 spiro atoms. The van der Waals surface area contributed by atoms with Crippen molar-refractivity contribution in [2.24, 2.45) is 0 Å². The number of carbonyl (C=O) groups excluding carboxylic acids is 2. The summed E-state index contributed by atoms with van der Waals surface area (Å²) in [4.78, 5) is 24.3. The number of methoxy groups -OCH3 is 1. The summed E-state index contributed by atoms with van der Waals surface area (Å²) in [6, 6.07) is 28.7. The molecule has 0 fully saturated rings. The molecular weight excluding hydrogens is 522 g/mol. The van der Waals surface area contributed by atoms with Crippen molar-refractivity contribution in [3.8, 4) is 5.75 Å². The van der Waals surface area contributed by atoms with Gasteiger partial charge in [0.2, 0.25) is 0 Å². The molecule has 208 valence electrons. The van der Waals surface area contributed by atoms with Gasteiger partial charge in [-0.1, -0.05) is 73.5 Å². The molecule has 6 heteroatoms. The first-order chi connectivity index (χ1) is 19.4. The van der Waals surface area contributed by atoms with Crippen molar-refractivity contribution in [1.29, 1.82) is 0 Å². The van der Waals surface area contributed by atoms with Crippen LogP contribution in [0.1, 0.15) is 72.0 Å². The molecule has 0 aliphatic carbocycles. The molecule has 4 aromatic carbocycles. The van der Waals surface area contributed by atoms with E-state index >= 15 is 0 Å². The number of hydrogen-bond donors (Lipinski definition) is 1. The standard InChI is InChI=1S/C34H36ClNO4/c1-4-6-31(23-7-9-25(10-8-23)34(38)36-20-19-32(37)40-5-2)33(24-13-16-29(35)17-14-24)28-12-11-27-22-30(39-3)18-15-26(27)21-28/h7-18,21-22,31,33H,4-6,19-20H2,1-3H3,(H,36,38). The number of esters is 1. The topological polar surface area (TPSA) is 64.6 Å². The Morgan fingerprint density at radius 2 is 1.48 bits per heavy atom. The van der Waals surface area contributed by atoms with Crippen LogP contribution in [0.2, 0.25) is 5.02 Å². The third-order valence-corrected chi connectivity index (χ3v) is 7.43. The number of rotatable bonds is 12. The number of hydrogen-bond acceptors (Lipinski definition) is 4. The lowest BCUT2D eigenvalue weighted by molar-refractivity contribution is -0.142. The predicted octanol–water partition coefficient (Wildman–Crippen LogP) is 7.90. The van der Waals surface area contributed by atoms with Crippen molar-refractivity contribution in [1.82, 2.24) is 5.32 Å². The summed E-state index contributed by atoms with van der Waals surface area (Å²) < 4.78 is 10.3. The Morgan fingerprint density at radius 3 is 2.15 bits per heavy atom. The fourth-order valence-electron chi connectivity index (χ4n) is 5.22. The fraction of sp³-hybridized carbons (Fsp3) is 0.294. The van der Waals surface area contributed by atoms with Crippen LogP contribution in [0.4, 0.5) is 0 Å². The first kappa shape index (κ1) is 29.2. The number of carbonyl (C=O) groups is 2. The van der Waals surface area contributed by atoms with Gasteiger partial charge in [-0.25, -0.2) is 0 Å². The van der Waals surface area contributed by atoms with E-state index in [1.165, 1.54) is 16.7 Å². The molecule has 0 radical (unpaired) electrons. The SMILES string of the molecule is CCCC(c1ccc(C(=O)NCCC(=O)OCC)cc1)C(c1ccc(Cl)cc1)c1ccc2cc(OC)ccc2c1. The second kappa shape index (κ2) is 14.0. The largest absolute Gasteiger partial charge is 0.497 e. The Kier molecular flexibility index (Phi) is 10.2. The molecule has 0 aliphatic heterocycles. The molecule has 0 heterocycles. The first-order valence-corrected chi connectivity index (χ1v) is 14.2. The third-order valence-electron chi connectivity index (χ3n) is 7.18. The summed E-state index contributed by atoms with van der Waals surface area (Å²) >= 11 is 6.27. The summed E-state index contributed by atoms with van der Waals surface area (Å²) in [5, 5.41) is 5.80. The van der Waals surface area contributed by atoms with Crippen LogP contribution in [0.3, 0.4) is 0 Å². The molecule has 4 aromatic rings. The van der Waals surface area contributed by atoms with Crippen LogP contribution in [0, 0.1) is 0 Å². The third kappa shape index (κ3) is 7.22. The molecule has 0 aromatic heterocycles. The van der Waals surface area contributed by atoms with Gasteiger partial charge in [-0.2, -0.15) is 0 Å². The smallest absolute Gasteiger partial charge is 0.307 e. The molecule has 2 atom stereocenters. The monoisotopic (exact) mass is 557 g/mol. The van der Waals surface area contributed by atoms with E-state index in [0.29, 0.717) is 17.2 Å². The van der Waals surface area contributed by atoms with E-state index in [1.54, 1.807) is 14.0 Å². The Bertz CT molecular complexity index is 1430. The van der Waals surface area contributed by atoms with E-state index in [0.717, 1.165) is 29.4 Å². The van der Waals surface area contributed by atoms with Gasteiger partial charge in [0.15, 0.2) is 0 Å². The molecular formula is C34H36ClNO4. The van der Waals surface area contributed by atoms with Gasteiger partial charge in [0.25, 0.3) is 5.91 Å². The maximum atomic E-state index is 12.7. The number of ether oxygens (including phenoxy) is 2. The van der Waals surface area contributed by atoms with Crippen molar-refractivity contribution in [3.63, 3.8) is 0 Å². The highest BCUT2D eigenvalue weighted by atomic mass is 35.5. The van der Waals surface area contributed by atoms with E-state index in [-0.39, 0.29) is 36.7 Å². The van der Waals surface area contributed by atoms with E-state index < -0.39 is 0 Å². The molecule has 1 amide bonds. The Hall–Kier alpha value is -3.83. The summed E-state index contributed by atoms with van der Waals surface area (Å²) in [5.41, 5.74) is 4.14. The predicted molar refractivity (Wildman–Crippen MR) is 161 cm³/mol. The Morgan fingerprint density at radius 1 is 0.825 bits per heavy atom. The van der Waals surface area contributed by atoms with E-state index in [9.17, 15) is 9.59 Å². The highest BCUT2D eigenvalue weighted by molar-refractivity contribution is 6.30. The zero-order valence-electron chi connectivity index (χ0n) is 23.3. The average Bonchev–Trinajstić information content (AvgIpc) is 2.97. The summed E-state index contributed by atoms with van der Waals surface area (Å²) in [6.45, 7) is 4.53. The molecule has 2 unspecified atom stereocenters. The average molecular weight is 558 g/mol. The zero-order valence-corrected chi connectivity index (χ0v) is 24.0. The van der Waals surface area contributed by atoms with Gasteiger partial charge in [-0.15, -0.1) is 0 Å². The fourth-order valence-corrected chi connectivity index (χ4v) is 5.35.